The predicted octanol–water partition coefficient (Wildman–Crippen LogP) is 5.33. The predicted molar refractivity (Wildman–Crippen MR) is 120 cm³/mol. The highest BCUT2D eigenvalue weighted by Gasteiger charge is 2.43. The van der Waals surface area contributed by atoms with E-state index < -0.39 is 6.04 Å². The molecular formula is C24H18F2N4S. The molecule has 5 rings (SSSR count). The summed E-state index contributed by atoms with van der Waals surface area (Å²) in [4.78, 5) is 6.25. The Morgan fingerprint density at radius 1 is 0.806 bits per heavy atom. The second-order valence-electron chi connectivity index (χ2n) is 7.20. The average molecular weight is 432 g/mol. The number of anilines is 1. The number of hydrogen-bond donors (Lipinski definition) is 1. The first kappa shape index (κ1) is 19.4. The van der Waals surface area contributed by atoms with Gasteiger partial charge in [0, 0.05) is 18.1 Å². The summed E-state index contributed by atoms with van der Waals surface area (Å²) in [5.41, 5.74) is 2.28. The van der Waals surface area contributed by atoms with Gasteiger partial charge in [-0.05, 0) is 60.7 Å². The number of rotatable bonds is 4. The van der Waals surface area contributed by atoms with E-state index in [-0.39, 0.29) is 17.7 Å². The van der Waals surface area contributed by atoms with Gasteiger partial charge >= 0.3 is 0 Å². The molecule has 4 aromatic rings. The van der Waals surface area contributed by atoms with Crippen LogP contribution in [0.25, 0.3) is 5.69 Å². The van der Waals surface area contributed by atoms with Gasteiger partial charge in [0.1, 0.15) is 17.7 Å². The minimum absolute atomic E-state index is 0.347. The van der Waals surface area contributed by atoms with Crippen molar-refractivity contribution in [1.82, 2.24) is 14.9 Å². The van der Waals surface area contributed by atoms with Crippen LogP contribution in [-0.2, 0) is 0 Å². The van der Waals surface area contributed by atoms with E-state index in [2.05, 4.69) is 10.3 Å². The summed E-state index contributed by atoms with van der Waals surface area (Å²) < 4.78 is 31.3. The van der Waals surface area contributed by atoms with Crippen molar-refractivity contribution in [2.24, 2.45) is 0 Å². The van der Waals surface area contributed by atoms with Gasteiger partial charge in [-0.2, -0.15) is 0 Å². The number of pyridine rings is 1. The van der Waals surface area contributed by atoms with Gasteiger partial charge in [-0.15, -0.1) is 0 Å². The molecule has 154 valence electrons. The number of nitrogens with one attached hydrogen (secondary N) is 1. The largest absolute Gasteiger partial charge is 0.351 e. The molecule has 1 saturated heterocycles. The lowest BCUT2D eigenvalue weighted by atomic mass is 10.0. The van der Waals surface area contributed by atoms with Crippen LogP contribution < -0.4 is 10.2 Å². The maximum Gasteiger partial charge on any atom is 0.174 e. The first-order valence-electron chi connectivity index (χ1n) is 9.82. The number of nitrogens with zero attached hydrogens (tertiary/aromatic N) is 3. The lowest BCUT2D eigenvalue weighted by Crippen LogP contribution is -2.31. The third-order valence-electron chi connectivity index (χ3n) is 5.41. The quantitative estimate of drug-likeness (QED) is 0.442. The summed E-state index contributed by atoms with van der Waals surface area (Å²) in [6.45, 7) is 0. The molecule has 0 unspecified atom stereocenters. The maximum absolute atomic E-state index is 14.8. The fourth-order valence-electron chi connectivity index (χ4n) is 4.06. The van der Waals surface area contributed by atoms with Gasteiger partial charge in [0.05, 0.1) is 23.1 Å². The van der Waals surface area contributed by atoms with E-state index in [1.807, 2.05) is 30.3 Å². The highest BCUT2D eigenvalue weighted by atomic mass is 32.1. The Balaban J connectivity index is 1.71. The number of benzene rings is 2. The van der Waals surface area contributed by atoms with Crippen molar-refractivity contribution in [1.29, 1.82) is 0 Å². The van der Waals surface area contributed by atoms with E-state index >= 15 is 0 Å². The summed E-state index contributed by atoms with van der Waals surface area (Å²) >= 11 is 5.63. The van der Waals surface area contributed by atoms with Crippen molar-refractivity contribution in [3.8, 4) is 5.69 Å². The second-order valence-corrected chi connectivity index (χ2v) is 7.59. The molecule has 2 aromatic carbocycles. The molecule has 0 saturated carbocycles. The Labute approximate surface area is 183 Å². The Morgan fingerprint density at radius 2 is 1.48 bits per heavy atom. The van der Waals surface area contributed by atoms with Gasteiger partial charge in [-0.3, -0.25) is 4.98 Å². The first-order chi connectivity index (χ1) is 15.1. The Morgan fingerprint density at radius 3 is 2.16 bits per heavy atom. The molecule has 0 amide bonds. The summed E-state index contributed by atoms with van der Waals surface area (Å²) in [6, 6.07) is 21.6. The zero-order chi connectivity index (χ0) is 21.4. The second kappa shape index (κ2) is 7.92. The molecule has 0 radical (unpaired) electrons. The molecule has 1 fully saturated rings. The van der Waals surface area contributed by atoms with Gasteiger partial charge in [-0.1, -0.05) is 30.3 Å². The lowest BCUT2D eigenvalue weighted by Gasteiger charge is -2.29. The fourth-order valence-corrected chi connectivity index (χ4v) is 4.40. The number of aromatic nitrogens is 2. The zero-order valence-electron chi connectivity index (χ0n) is 16.3. The average Bonchev–Trinajstić information content (AvgIpc) is 3.39. The van der Waals surface area contributed by atoms with Crippen molar-refractivity contribution in [3.05, 3.63) is 114 Å². The van der Waals surface area contributed by atoms with Gasteiger partial charge < -0.3 is 14.8 Å². The summed E-state index contributed by atoms with van der Waals surface area (Å²) in [5, 5.41) is 3.68. The van der Waals surface area contributed by atoms with Gasteiger partial charge in [-0.25, -0.2) is 8.78 Å². The smallest absolute Gasteiger partial charge is 0.174 e. The molecule has 31 heavy (non-hydrogen) atoms. The van der Waals surface area contributed by atoms with Gasteiger partial charge in [0.2, 0.25) is 0 Å². The van der Waals surface area contributed by atoms with Crippen LogP contribution in [0, 0.1) is 11.6 Å². The molecule has 0 bridgehead atoms. The van der Waals surface area contributed by atoms with Crippen LogP contribution >= 0.6 is 12.2 Å². The normalized spacial score (nSPS) is 18.3. The maximum atomic E-state index is 14.8. The number of thiocarbonyl (C=S) groups is 1. The van der Waals surface area contributed by atoms with E-state index in [0.29, 0.717) is 16.5 Å². The highest BCUT2D eigenvalue weighted by molar-refractivity contribution is 7.80. The molecule has 0 spiro atoms. The standard InChI is InChI=1S/C24H18F2N4S/c25-16-8-1-3-11-19(16)29-15-7-13-21(29)23-22(18-10-5-6-14-27-18)28-24(31)30(23)20-12-4-2-9-17(20)26/h1-15,22-23H,(H,28,31)/t22-,23-/m0/s1. The van der Waals surface area contributed by atoms with Crippen LogP contribution in [0.3, 0.4) is 0 Å². The Kier molecular flexibility index (Phi) is 4.95. The first-order valence-corrected chi connectivity index (χ1v) is 10.2. The monoisotopic (exact) mass is 432 g/mol. The Hall–Kier alpha value is -3.58. The van der Waals surface area contributed by atoms with E-state index in [4.69, 9.17) is 12.2 Å². The molecule has 4 nitrogen and oxygen atoms in total. The van der Waals surface area contributed by atoms with E-state index in [0.717, 1.165) is 11.4 Å². The SMILES string of the molecule is Fc1ccccc1N1C(=S)N[C@@H](c2ccccn2)[C@@H]1c1cccn1-c1ccccc1F. The minimum Gasteiger partial charge on any atom is -0.351 e. The summed E-state index contributed by atoms with van der Waals surface area (Å²) in [7, 11) is 0. The lowest BCUT2D eigenvalue weighted by molar-refractivity contribution is 0.537. The van der Waals surface area contributed by atoms with Crippen molar-refractivity contribution in [2.75, 3.05) is 4.90 Å². The van der Waals surface area contributed by atoms with Crippen molar-refractivity contribution < 1.29 is 8.78 Å². The highest BCUT2D eigenvalue weighted by Crippen LogP contribution is 2.43. The van der Waals surface area contributed by atoms with Crippen LogP contribution in [0.2, 0.25) is 0 Å². The molecular weight excluding hydrogens is 414 g/mol. The molecule has 1 aliphatic rings. The number of para-hydroxylation sites is 2. The number of hydrogen-bond acceptors (Lipinski definition) is 2. The van der Waals surface area contributed by atoms with Crippen LogP contribution in [0.15, 0.2) is 91.3 Å². The molecule has 7 heteroatoms. The van der Waals surface area contributed by atoms with Crippen LogP contribution in [-0.4, -0.2) is 14.7 Å². The van der Waals surface area contributed by atoms with E-state index in [1.54, 1.807) is 58.3 Å². The summed E-state index contributed by atoms with van der Waals surface area (Å²) in [6.07, 6.45) is 3.50. The molecule has 0 aliphatic carbocycles. The Bertz CT molecular complexity index is 1240. The van der Waals surface area contributed by atoms with Gasteiger partial charge in [0.15, 0.2) is 5.11 Å². The van der Waals surface area contributed by atoms with Crippen LogP contribution in [0.1, 0.15) is 23.5 Å². The minimum atomic E-state index is -0.450. The number of halogens is 2. The van der Waals surface area contributed by atoms with Crippen LogP contribution in [0.5, 0.6) is 0 Å². The topological polar surface area (TPSA) is 33.1 Å². The van der Waals surface area contributed by atoms with Gasteiger partial charge in [0.25, 0.3) is 0 Å². The molecule has 2 atom stereocenters. The zero-order valence-corrected chi connectivity index (χ0v) is 17.1. The van der Waals surface area contributed by atoms with Crippen molar-refractivity contribution in [2.45, 2.75) is 12.1 Å². The molecule has 2 aromatic heterocycles. The third-order valence-corrected chi connectivity index (χ3v) is 5.72. The van der Waals surface area contributed by atoms with E-state index in [9.17, 15) is 8.78 Å². The van der Waals surface area contributed by atoms with E-state index in [1.165, 1.54) is 12.1 Å². The molecule has 3 heterocycles. The summed E-state index contributed by atoms with van der Waals surface area (Å²) in [5.74, 6) is -0.734. The van der Waals surface area contributed by atoms with Crippen molar-refractivity contribution in [3.63, 3.8) is 0 Å². The molecule has 1 N–H and O–H groups in total. The van der Waals surface area contributed by atoms with Crippen LogP contribution in [0.4, 0.5) is 14.5 Å². The fraction of sp³-hybridized carbons (Fsp3) is 0.0833. The molecule has 1 aliphatic heterocycles. The van der Waals surface area contributed by atoms with Crippen molar-refractivity contribution >= 4 is 23.0 Å². The third kappa shape index (κ3) is 3.37.